The lowest BCUT2D eigenvalue weighted by atomic mass is 10.0. The fourth-order valence-corrected chi connectivity index (χ4v) is 4.18. The van der Waals surface area contributed by atoms with E-state index in [1.165, 1.54) is 4.90 Å². The summed E-state index contributed by atoms with van der Waals surface area (Å²) in [5, 5.41) is 3.90. The Morgan fingerprint density at radius 1 is 0.946 bits per heavy atom. The van der Waals surface area contributed by atoms with E-state index in [-0.39, 0.29) is 30.9 Å². The molecule has 0 fully saturated rings. The first-order chi connectivity index (χ1) is 17.8. The van der Waals surface area contributed by atoms with E-state index >= 15 is 0 Å². The number of benzene rings is 3. The number of methoxy groups -OCH3 is 1. The highest BCUT2D eigenvalue weighted by Crippen LogP contribution is 2.24. The van der Waals surface area contributed by atoms with Gasteiger partial charge in [-0.25, -0.2) is 0 Å². The van der Waals surface area contributed by atoms with E-state index in [2.05, 4.69) is 5.32 Å². The zero-order chi connectivity index (χ0) is 26.8. The minimum atomic E-state index is -0.778. The summed E-state index contributed by atoms with van der Waals surface area (Å²) in [5.74, 6) is 0.877. The number of rotatable bonds is 12. The predicted molar refractivity (Wildman–Crippen MR) is 147 cm³/mol. The maximum absolute atomic E-state index is 13.6. The molecular formula is C29H32Cl2N2O4. The van der Waals surface area contributed by atoms with Gasteiger partial charge in [0.15, 0.2) is 6.61 Å². The summed E-state index contributed by atoms with van der Waals surface area (Å²) in [4.78, 5) is 28.6. The molecule has 0 saturated heterocycles. The molecule has 2 amide bonds. The van der Waals surface area contributed by atoms with Gasteiger partial charge in [0.25, 0.3) is 5.91 Å². The van der Waals surface area contributed by atoms with Gasteiger partial charge >= 0.3 is 0 Å². The van der Waals surface area contributed by atoms with Crippen LogP contribution in [-0.2, 0) is 22.6 Å². The fraction of sp³-hybridized carbons (Fsp3) is 0.310. The molecule has 196 valence electrons. The third kappa shape index (κ3) is 8.69. The van der Waals surface area contributed by atoms with Crippen LogP contribution in [0.15, 0.2) is 72.8 Å². The van der Waals surface area contributed by atoms with Gasteiger partial charge in [0.2, 0.25) is 5.91 Å². The second kappa shape index (κ2) is 13.9. The predicted octanol–water partition coefficient (Wildman–Crippen LogP) is 5.79. The number of amides is 2. The van der Waals surface area contributed by atoms with Gasteiger partial charge in [0.05, 0.1) is 7.11 Å². The number of nitrogens with one attached hydrogen (secondary N) is 1. The quantitative estimate of drug-likeness (QED) is 0.314. The smallest absolute Gasteiger partial charge is 0.261 e. The second-order valence-corrected chi connectivity index (χ2v) is 9.91. The molecule has 37 heavy (non-hydrogen) atoms. The van der Waals surface area contributed by atoms with Gasteiger partial charge in [-0.2, -0.15) is 0 Å². The van der Waals surface area contributed by atoms with Crippen molar-refractivity contribution < 1.29 is 19.1 Å². The van der Waals surface area contributed by atoms with Gasteiger partial charge in [-0.05, 0) is 53.4 Å². The third-order valence-corrected chi connectivity index (χ3v) is 6.32. The molecule has 3 aromatic rings. The van der Waals surface area contributed by atoms with Crippen molar-refractivity contribution in [1.82, 2.24) is 10.2 Å². The van der Waals surface area contributed by atoms with Crippen molar-refractivity contribution in [2.45, 2.75) is 32.9 Å². The van der Waals surface area contributed by atoms with Gasteiger partial charge in [0, 0.05) is 29.6 Å². The zero-order valence-corrected chi connectivity index (χ0v) is 22.8. The standard InChI is InChI=1S/C29H32Cl2N2O4/c1-20(2)17-32-29(35)27(15-21-7-5-4-6-8-21)33(18-22-9-10-23(30)16-26(22)31)28(34)19-37-25-13-11-24(36-3)12-14-25/h4-14,16,20,27H,15,17-19H2,1-3H3,(H,32,35)/t27-/m0/s1. The summed E-state index contributed by atoms with van der Waals surface area (Å²) < 4.78 is 11.0. The van der Waals surface area contributed by atoms with Gasteiger partial charge in [-0.15, -0.1) is 0 Å². The summed E-state index contributed by atoms with van der Waals surface area (Å²) in [6, 6.07) is 20.9. The number of carbonyl (C=O) groups is 2. The van der Waals surface area contributed by atoms with Crippen molar-refractivity contribution in [3.63, 3.8) is 0 Å². The summed E-state index contributed by atoms with van der Waals surface area (Å²) in [6.45, 7) is 4.40. The van der Waals surface area contributed by atoms with Crippen LogP contribution in [-0.4, -0.2) is 43.0 Å². The van der Waals surface area contributed by atoms with Crippen LogP contribution >= 0.6 is 23.2 Å². The van der Waals surface area contributed by atoms with Crippen LogP contribution in [0.3, 0.4) is 0 Å². The minimum absolute atomic E-state index is 0.118. The molecule has 0 aliphatic heterocycles. The van der Waals surface area contributed by atoms with Crippen molar-refractivity contribution in [2.75, 3.05) is 20.3 Å². The van der Waals surface area contributed by atoms with Crippen molar-refractivity contribution in [1.29, 1.82) is 0 Å². The monoisotopic (exact) mass is 542 g/mol. The topological polar surface area (TPSA) is 67.9 Å². The molecule has 0 aliphatic carbocycles. The lowest BCUT2D eigenvalue weighted by molar-refractivity contribution is -0.142. The molecule has 0 aliphatic rings. The van der Waals surface area contributed by atoms with Crippen LogP contribution in [0.4, 0.5) is 0 Å². The maximum Gasteiger partial charge on any atom is 0.261 e. The van der Waals surface area contributed by atoms with E-state index in [1.807, 2.05) is 44.2 Å². The maximum atomic E-state index is 13.6. The Labute approximate surface area is 228 Å². The van der Waals surface area contributed by atoms with E-state index in [0.29, 0.717) is 40.1 Å². The Bertz CT molecular complexity index is 1170. The third-order valence-electron chi connectivity index (χ3n) is 5.73. The fourth-order valence-electron chi connectivity index (χ4n) is 3.71. The molecule has 0 spiro atoms. The largest absolute Gasteiger partial charge is 0.497 e. The van der Waals surface area contributed by atoms with E-state index in [4.69, 9.17) is 32.7 Å². The van der Waals surface area contributed by atoms with E-state index < -0.39 is 6.04 Å². The lowest BCUT2D eigenvalue weighted by Gasteiger charge is -2.32. The molecular weight excluding hydrogens is 511 g/mol. The van der Waals surface area contributed by atoms with Crippen LogP contribution < -0.4 is 14.8 Å². The Kier molecular flexibility index (Phi) is 10.7. The average molecular weight is 543 g/mol. The molecule has 8 heteroatoms. The molecule has 1 N–H and O–H groups in total. The Morgan fingerprint density at radius 3 is 2.24 bits per heavy atom. The van der Waals surface area contributed by atoms with Crippen LogP contribution in [0.1, 0.15) is 25.0 Å². The minimum Gasteiger partial charge on any atom is -0.497 e. The van der Waals surface area contributed by atoms with Crippen LogP contribution in [0.25, 0.3) is 0 Å². The van der Waals surface area contributed by atoms with Gasteiger partial charge in [0.1, 0.15) is 17.5 Å². The molecule has 1 atom stereocenters. The SMILES string of the molecule is COc1ccc(OCC(=O)N(Cc2ccc(Cl)cc2Cl)[C@@H](Cc2ccccc2)C(=O)NCC(C)C)cc1. The second-order valence-electron chi connectivity index (χ2n) is 9.07. The number of ether oxygens (including phenoxy) is 2. The summed E-state index contributed by atoms with van der Waals surface area (Å²) in [6.07, 6.45) is 0.338. The molecule has 0 saturated carbocycles. The molecule has 0 radical (unpaired) electrons. The van der Waals surface area contributed by atoms with Gasteiger partial charge < -0.3 is 19.7 Å². The van der Waals surface area contributed by atoms with Gasteiger partial charge in [-0.3, -0.25) is 9.59 Å². The highest BCUT2D eigenvalue weighted by molar-refractivity contribution is 6.35. The van der Waals surface area contributed by atoms with E-state index in [9.17, 15) is 9.59 Å². The number of carbonyl (C=O) groups excluding carboxylic acids is 2. The molecule has 0 heterocycles. The molecule has 0 bridgehead atoms. The van der Waals surface area contributed by atoms with Crippen molar-refractivity contribution in [3.8, 4) is 11.5 Å². The molecule has 3 rings (SSSR count). The van der Waals surface area contributed by atoms with Crippen molar-refractivity contribution in [3.05, 3.63) is 94.0 Å². The Hall–Kier alpha value is -3.22. The normalized spacial score (nSPS) is 11.6. The van der Waals surface area contributed by atoms with Crippen LogP contribution in [0, 0.1) is 5.92 Å². The average Bonchev–Trinajstić information content (AvgIpc) is 2.89. The first kappa shape index (κ1) is 28.4. The Morgan fingerprint density at radius 2 is 1.62 bits per heavy atom. The van der Waals surface area contributed by atoms with Gasteiger partial charge in [-0.1, -0.05) is 73.4 Å². The van der Waals surface area contributed by atoms with Crippen LogP contribution in [0.2, 0.25) is 10.0 Å². The van der Waals surface area contributed by atoms with E-state index in [1.54, 1.807) is 49.6 Å². The summed E-state index contributed by atoms with van der Waals surface area (Å²) >= 11 is 12.5. The number of hydrogen-bond acceptors (Lipinski definition) is 4. The zero-order valence-electron chi connectivity index (χ0n) is 21.2. The molecule has 3 aromatic carbocycles. The summed E-state index contributed by atoms with van der Waals surface area (Å²) in [5.41, 5.74) is 1.61. The highest BCUT2D eigenvalue weighted by Gasteiger charge is 2.31. The number of halogens is 2. The lowest BCUT2D eigenvalue weighted by Crippen LogP contribution is -2.52. The summed E-state index contributed by atoms with van der Waals surface area (Å²) in [7, 11) is 1.58. The Balaban J connectivity index is 1.91. The van der Waals surface area contributed by atoms with E-state index in [0.717, 1.165) is 5.56 Å². The van der Waals surface area contributed by atoms with Crippen molar-refractivity contribution >= 4 is 35.0 Å². The molecule has 0 unspecified atom stereocenters. The van der Waals surface area contributed by atoms with Crippen LogP contribution in [0.5, 0.6) is 11.5 Å². The first-order valence-corrected chi connectivity index (χ1v) is 12.8. The highest BCUT2D eigenvalue weighted by atomic mass is 35.5. The molecule has 6 nitrogen and oxygen atoms in total. The van der Waals surface area contributed by atoms with Crippen molar-refractivity contribution in [2.24, 2.45) is 5.92 Å². The first-order valence-electron chi connectivity index (χ1n) is 12.1. The molecule has 0 aromatic heterocycles. The number of hydrogen-bond donors (Lipinski definition) is 1. The number of nitrogens with zero attached hydrogens (tertiary/aromatic N) is 1.